The zero-order valence-corrected chi connectivity index (χ0v) is 15.4. The molecule has 0 spiro atoms. The smallest absolute Gasteiger partial charge is 0.161 e. The molecule has 28 heavy (non-hydrogen) atoms. The normalized spacial score (nSPS) is 11.5. The molecule has 4 aromatic heterocycles. The lowest BCUT2D eigenvalue weighted by molar-refractivity contribution is 0.724. The van der Waals surface area contributed by atoms with Gasteiger partial charge in [0.2, 0.25) is 0 Å². The minimum atomic E-state index is 0.705. The fraction of sp³-hybridized carbons (Fsp3) is 0.143. The number of aromatic nitrogens is 6. The van der Waals surface area contributed by atoms with E-state index in [0.717, 1.165) is 52.0 Å². The van der Waals surface area contributed by atoms with Crippen molar-refractivity contribution in [3.05, 3.63) is 60.4 Å². The van der Waals surface area contributed by atoms with Crippen molar-refractivity contribution in [2.45, 2.75) is 13.5 Å². The Labute approximate surface area is 161 Å². The van der Waals surface area contributed by atoms with Crippen molar-refractivity contribution >= 4 is 22.1 Å². The number of nitrogens with zero attached hydrogens (tertiary/aromatic N) is 4. The first-order valence-electron chi connectivity index (χ1n) is 9.27. The van der Waals surface area contributed by atoms with Gasteiger partial charge in [0.1, 0.15) is 5.52 Å². The number of benzene rings is 1. The predicted octanol–water partition coefficient (Wildman–Crippen LogP) is 3.67. The molecule has 0 fully saturated rings. The van der Waals surface area contributed by atoms with E-state index in [0.29, 0.717) is 11.5 Å². The van der Waals surface area contributed by atoms with Gasteiger partial charge in [-0.1, -0.05) is 19.1 Å². The number of rotatable bonds is 5. The Bertz CT molecular complexity index is 1240. The molecule has 1 aromatic carbocycles. The van der Waals surface area contributed by atoms with Gasteiger partial charge in [-0.15, -0.1) is 0 Å². The van der Waals surface area contributed by atoms with Crippen molar-refractivity contribution in [2.75, 3.05) is 6.54 Å². The standard InChI is InChI=1S/C21H19N7/c1-2-22-10-13-9-14(12-23-11-13)15-7-8-18-19(24-15)20(28-27-18)21-25-16-5-3-4-6-17(16)26-21/h3-9,11-12,22H,2,10H2,1H3,(H,25,26)(H,27,28). The van der Waals surface area contributed by atoms with Crippen molar-refractivity contribution in [3.63, 3.8) is 0 Å². The fourth-order valence-corrected chi connectivity index (χ4v) is 3.28. The maximum Gasteiger partial charge on any atom is 0.161 e. The van der Waals surface area contributed by atoms with Crippen LogP contribution < -0.4 is 5.32 Å². The molecular weight excluding hydrogens is 350 g/mol. The summed E-state index contributed by atoms with van der Waals surface area (Å²) in [7, 11) is 0. The van der Waals surface area contributed by atoms with Crippen LogP contribution in [0.4, 0.5) is 0 Å². The average molecular weight is 369 g/mol. The van der Waals surface area contributed by atoms with Crippen LogP contribution in [0.5, 0.6) is 0 Å². The summed E-state index contributed by atoms with van der Waals surface area (Å²) in [5, 5.41) is 10.8. The number of fused-ring (bicyclic) bond motifs is 2. The van der Waals surface area contributed by atoms with E-state index in [9.17, 15) is 0 Å². The number of pyridine rings is 2. The van der Waals surface area contributed by atoms with Gasteiger partial charge in [0.05, 0.1) is 22.2 Å². The maximum absolute atomic E-state index is 4.86. The molecule has 7 heteroatoms. The Hall–Kier alpha value is -3.58. The molecule has 4 heterocycles. The van der Waals surface area contributed by atoms with E-state index in [-0.39, 0.29) is 0 Å². The first-order chi connectivity index (χ1) is 13.8. The zero-order valence-electron chi connectivity index (χ0n) is 15.4. The number of hydrogen-bond donors (Lipinski definition) is 3. The van der Waals surface area contributed by atoms with E-state index in [4.69, 9.17) is 4.98 Å². The van der Waals surface area contributed by atoms with Gasteiger partial charge in [-0.2, -0.15) is 5.10 Å². The monoisotopic (exact) mass is 369 g/mol. The zero-order chi connectivity index (χ0) is 18.9. The van der Waals surface area contributed by atoms with E-state index in [1.807, 2.05) is 48.8 Å². The van der Waals surface area contributed by atoms with Crippen LogP contribution >= 0.6 is 0 Å². The van der Waals surface area contributed by atoms with Gasteiger partial charge in [-0.25, -0.2) is 9.97 Å². The van der Waals surface area contributed by atoms with E-state index in [1.54, 1.807) is 0 Å². The van der Waals surface area contributed by atoms with Gasteiger partial charge >= 0.3 is 0 Å². The summed E-state index contributed by atoms with van der Waals surface area (Å²) in [6.07, 6.45) is 3.72. The quantitative estimate of drug-likeness (QED) is 0.439. The second-order valence-corrected chi connectivity index (χ2v) is 6.63. The molecule has 0 saturated heterocycles. The molecule has 0 aliphatic carbocycles. The Morgan fingerprint density at radius 1 is 1.00 bits per heavy atom. The summed E-state index contributed by atoms with van der Waals surface area (Å²) in [5.41, 5.74) is 7.22. The molecule has 5 aromatic rings. The first kappa shape index (κ1) is 16.6. The topological polar surface area (TPSA) is 95.2 Å². The van der Waals surface area contributed by atoms with E-state index >= 15 is 0 Å². The van der Waals surface area contributed by atoms with Crippen LogP contribution in [0.25, 0.3) is 44.8 Å². The molecule has 3 N–H and O–H groups in total. The number of imidazole rings is 1. The number of hydrogen-bond acceptors (Lipinski definition) is 5. The summed E-state index contributed by atoms with van der Waals surface area (Å²) >= 11 is 0. The summed E-state index contributed by atoms with van der Waals surface area (Å²) in [6, 6.07) is 14.0. The van der Waals surface area contributed by atoms with Gasteiger partial charge in [0, 0.05) is 24.5 Å². The van der Waals surface area contributed by atoms with Crippen molar-refractivity contribution in [3.8, 4) is 22.8 Å². The average Bonchev–Trinajstić information content (AvgIpc) is 3.35. The Kier molecular flexibility index (Phi) is 4.06. The van der Waals surface area contributed by atoms with Crippen molar-refractivity contribution in [2.24, 2.45) is 0 Å². The summed E-state index contributed by atoms with van der Waals surface area (Å²) in [6.45, 7) is 3.80. The molecule has 0 amide bonds. The Morgan fingerprint density at radius 3 is 2.82 bits per heavy atom. The van der Waals surface area contributed by atoms with Crippen LogP contribution in [0.2, 0.25) is 0 Å². The summed E-state index contributed by atoms with van der Waals surface area (Å²) in [5.74, 6) is 0.705. The molecular formula is C21H19N7. The molecule has 0 saturated carbocycles. The lowest BCUT2D eigenvalue weighted by atomic mass is 10.1. The lowest BCUT2D eigenvalue weighted by Crippen LogP contribution is -2.11. The number of H-pyrrole nitrogens is 2. The van der Waals surface area contributed by atoms with Crippen LogP contribution in [-0.4, -0.2) is 36.7 Å². The third kappa shape index (κ3) is 2.91. The highest BCUT2D eigenvalue weighted by Gasteiger charge is 2.15. The molecule has 5 rings (SSSR count). The highest BCUT2D eigenvalue weighted by molar-refractivity contribution is 5.91. The second-order valence-electron chi connectivity index (χ2n) is 6.63. The number of aromatic amines is 2. The number of nitrogens with one attached hydrogen (secondary N) is 3. The van der Waals surface area contributed by atoms with Crippen molar-refractivity contribution in [1.82, 2.24) is 35.5 Å². The van der Waals surface area contributed by atoms with Crippen LogP contribution in [-0.2, 0) is 6.54 Å². The van der Waals surface area contributed by atoms with E-state index in [1.165, 1.54) is 0 Å². The van der Waals surface area contributed by atoms with E-state index in [2.05, 4.69) is 43.5 Å². The predicted molar refractivity (Wildman–Crippen MR) is 110 cm³/mol. The molecule has 0 bridgehead atoms. The van der Waals surface area contributed by atoms with Gasteiger partial charge in [0.25, 0.3) is 0 Å². The largest absolute Gasteiger partial charge is 0.337 e. The van der Waals surface area contributed by atoms with Gasteiger partial charge in [-0.05, 0) is 42.4 Å². The van der Waals surface area contributed by atoms with Crippen LogP contribution in [0.1, 0.15) is 12.5 Å². The Morgan fingerprint density at radius 2 is 1.93 bits per heavy atom. The van der Waals surface area contributed by atoms with Crippen LogP contribution in [0, 0.1) is 0 Å². The molecule has 0 atom stereocenters. The fourth-order valence-electron chi connectivity index (χ4n) is 3.28. The molecule has 7 nitrogen and oxygen atoms in total. The minimum Gasteiger partial charge on any atom is -0.337 e. The van der Waals surface area contributed by atoms with Gasteiger partial charge in [-0.3, -0.25) is 10.1 Å². The SMILES string of the molecule is CCNCc1cncc(-c2ccc3[nH]nc(-c4nc5ccccc5[nH]4)c3n2)c1. The second kappa shape index (κ2) is 6.86. The molecule has 0 aliphatic heterocycles. The van der Waals surface area contributed by atoms with Crippen molar-refractivity contribution < 1.29 is 0 Å². The molecule has 0 unspecified atom stereocenters. The van der Waals surface area contributed by atoms with Gasteiger partial charge in [0.15, 0.2) is 11.5 Å². The van der Waals surface area contributed by atoms with Crippen LogP contribution in [0.3, 0.4) is 0 Å². The number of para-hydroxylation sites is 2. The first-order valence-corrected chi connectivity index (χ1v) is 9.27. The molecule has 0 radical (unpaired) electrons. The maximum atomic E-state index is 4.86. The molecule has 138 valence electrons. The summed E-state index contributed by atoms with van der Waals surface area (Å²) < 4.78 is 0. The highest BCUT2D eigenvalue weighted by atomic mass is 15.1. The molecule has 0 aliphatic rings. The minimum absolute atomic E-state index is 0.705. The van der Waals surface area contributed by atoms with Gasteiger partial charge < -0.3 is 10.3 Å². The Balaban J connectivity index is 1.58. The van der Waals surface area contributed by atoms with E-state index < -0.39 is 0 Å². The highest BCUT2D eigenvalue weighted by Crippen LogP contribution is 2.27. The lowest BCUT2D eigenvalue weighted by Gasteiger charge is -2.05. The summed E-state index contributed by atoms with van der Waals surface area (Å²) in [4.78, 5) is 17.2. The van der Waals surface area contributed by atoms with Crippen molar-refractivity contribution in [1.29, 1.82) is 0 Å². The van der Waals surface area contributed by atoms with Crippen LogP contribution in [0.15, 0.2) is 54.9 Å². The third-order valence-electron chi connectivity index (χ3n) is 4.69. The third-order valence-corrected chi connectivity index (χ3v) is 4.69.